The van der Waals surface area contributed by atoms with E-state index in [2.05, 4.69) is 9.97 Å². The molecule has 0 fully saturated rings. The number of aromatic amines is 1. The molecule has 0 aliphatic carbocycles. The molecule has 80 valence electrons. The van der Waals surface area contributed by atoms with E-state index in [0.717, 1.165) is 35.0 Å². The molecule has 1 N–H and O–H groups in total. The summed E-state index contributed by atoms with van der Waals surface area (Å²) in [6.45, 7) is 0.797. The highest BCUT2D eigenvalue weighted by atomic mass is 32.2. The Labute approximate surface area is 93.2 Å². The maximum atomic E-state index is 4.99. The van der Waals surface area contributed by atoms with Gasteiger partial charge in [-0.1, -0.05) is 12.1 Å². The van der Waals surface area contributed by atoms with Crippen LogP contribution in [0.2, 0.25) is 0 Å². The van der Waals surface area contributed by atoms with E-state index in [1.54, 1.807) is 7.11 Å². The summed E-state index contributed by atoms with van der Waals surface area (Å²) in [6.07, 6.45) is 0. The van der Waals surface area contributed by atoms with Crippen LogP contribution >= 0.6 is 11.8 Å². The minimum Gasteiger partial charge on any atom is -0.384 e. The van der Waals surface area contributed by atoms with E-state index >= 15 is 0 Å². The molecular formula is C11H14N2OS. The number of imidazole rings is 1. The molecule has 2 rings (SSSR count). The fraction of sp³-hybridized carbons (Fsp3) is 0.364. The van der Waals surface area contributed by atoms with Gasteiger partial charge in [0.15, 0.2) is 0 Å². The van der Waals surface area contributed by atoms with Crippen molar-refractivity contribution < 1.29 is 4.74 Å². The molecule has 3 nitrogen and oxygen atoms in total. The Kier molecular flexibility index (Phi) is 3.64. The van der Waals surface area contributed by atoms with Crippen molar-refractivity contribution in [3.05, 3.63) is 30.1 Å². The lowest BCUT2D eigenvalue weighted by Gasteiger charge is -1.96. The van der Waals surface area contributed by atoms with Crippen LogP contribution in [0.3, 0.4) is 0 Å². The molecule has 15 heavy (non-hydrogen) atoms. The van der Waals surface area contributed by atoms with Crippen LogP contribution in [0.4, 0.5) is 0 Å². The highest BCUT2D eigenvalue weighted by Gasteiger charge is 2.01. The van der Waals surface area contributed by atoms with Crippen LogP contribution in [0.25, 0.3) is 11.0 Å². The van der Waals surface area contributed by atoms with Crippen LogP contribution in [-0.2, 0) is 10.5 Å². The van der Waals surface area contributed by atoms with Gasteiger partial charge in [0.1, 0.15) is 5.82 Å². The maximum Gasteiger partial charge on any atom is 0.117 e. The third-order valence-corrected chi connectivity index (χ3v) is 3.04. The topological polar surface area (TPSA) is 37.9 Å². The fourth-order valence-electron chi connectivity index (χ4n) is 1.39. The Balaban J connectivity index is 1.97. The molecule has 0 saturated carbocycles. The summed E-state index contributed by atoms with van der Waals surface area (Å²) in [7, 11) is 1.72. The van der Waals surface area contributed by atoms with E-state index in [-0.39, 0.29) is 0 Å². The number of ether oxygens (including phenoxy) is 1. The lowest BCUT2D eigenvalue weighted by atomic mass is 10.3. The SMILES string of the molecule is COCCSCc1nc2ccccc2[nH]1. The van der Waals surface area contributed by atoms with Crippen molar-refractivity contribution >= 4 is 22.8 Å². The number of nitrogens with zero attached hydrogens (tertiary/aromatic N) is 1. The third kappa shape index (κ3) is 2.73. The molecule has 0 atom stereocenters. The number of hydrogen-bond acceptors (Lipinski definition) is 3. The highest BCUT2D eigenvalue weighted by molar-refractivity contribution is 7.98. The van der Waals surface area contributed by atoms with Crippen molar-refractivity contribution in [3.63, 3.8) is 0 Å². The Morgan fingerprint density at radius 3 is 3.07 bits per heavy atom. The van der Waals surface area contributed by atoms with Gasteiger partial charge in [0.2, 0.25) is 0 Å². The largest absolute Gasteiger partial charge is 0.384 e. The number of methoxy groups -OCH3 is 1. The van der Waals surface area contributed by atoms with Crippen LogP contribution in [0.1, 0.15) is 5.82 Å². The molecule has 4 heteroatoms. The number of thioether (sulfide) groups is 1. The average molecular weight is 222 g/mol. The number of para-hydroxylation sites is 2. The molecule has 0 bridgehead atoms. The first-order chi connectivity index (χ1) is 7.40. The van der Waals surface area contributed by atoms with Gasteiger partial charge in [-0.25, -0.2) is 4.98 Å². The monoisotopic (exact) mass is 222 g/mol. The smallest absolute Gasteiger partial charge is 0.117 e. The van der Waals surface area contributed by atoms with Gasteiger partial charge >= 0.3 is 0 Å². The van der Waals surface area contributed by atoms with E-state index in [4.69, 9.17) is 4.74 Å². The van der Waals surface area contributed by atoms with E-state index in [1.165, 1.54) is 0 Å². The van der Waals surface area contributed by atoms with Crippen LogP contribution in [0.5, 0.6) is 0 Å². The van der Waals surface area contributed by atoms with Crippen molar-refractivity contribution in [1.29, 1.82) is 0 Å². The van der Waals surface area contributed by atoms with Gasteiger partial charge in [-0.05, 0) is 12.1 Å². The third-order valence-electron chi connectivity index (χ3n) is 2.11. The molecule has 0 amide bonds. The summed E-state index contributed by atoms with van der Waals surface area (Å²) >= 11 is 1.83. The van der Waals surface area contributed by atoms with Crippen molar-refractivity contribution in [3.8, 4) is 0 Å². The molecule has 0 aliphatic rings. The Morgan fingerprint density at radius 1 is 1.40 bits per heavy atom. The second kappa shape index (κ2) is 5.19. The maximum absolute atomic E-state index is 4.99. The van der Waals surface area contributed by atoms with Gasteiger partial charge in [0.05, 0.1) is 23.4 Å². The number of H-pyrrole nitrogens is 1. The second-order valence-electron chi connectivity index (χ2n) is 3.25. The number of fused-ring (bicyclic) bond motifs is 1. The van der Waals surface area contributed by atoms with Gasteiger partial charge in [0.25, 0.3) is 0 Å². The zero-order valence-electron chi connectivity index (χ0n) is 8.69. The molecule has 1 aromatic carbocycles. The summed E-state index contributed by atoms with van der Waals surface area (Å²) in [5.74, 6) is 2.96. The lowest BCUT2D eigenvalue weighted by Crippen LogP contribution is -1.93. The number of benzene rings is 1. The van der Waals surface area contributed by atoms with E-state index in [0.29, 0.717) is 0 Å². The van der Waals surface area contributed by atoms with Crippen molar-refractivity contribution in [1.82, 2.24) is 9.97 Å². The van der Waals surface area contributed by atoms with Gasteiger partial charge in [-0.2, -0.15) is 11.8 Å². The first-order valence-corrected chi connectivity index (χ1v) is 6.06. The Morgan fingerprint density at radius 2 is 2.27 bits per heavy atom. The summed E-state index contributed by atoms with van der Waals surface area (Å²) in [4.78, 5) is 7.79. The van der Waals surface area contributed by atoms with Crippen LogP contribution in [0, 0.1) is 0 Å². The molecule has 0 unspecified atom stereocenters. The molecule has 1 aromatic heterocycles. The van der Waals surface area contributed by atoms with Gasteiger partial charge in [-0.15, -0.1) is 0 Å². The first-order valence-electron chi connectivity index (χ1n) is 4.90. The normalized spacial score (nSPS) is 11.0. The van der Waals surface area contributed by atoms with Crippen LogP contribution in [0.15, 0.2) is 24.3 Å². The highest BCUT2D eigenvalue weighted by Crippen LogP contribution is 2.14. The zero-order valence-corrected chi connectivity index (χ0v) is 9.51. The van der Waals surface area contributed by atoms with Gasteiger partial charge in [-0.3, -0.25) is 0 Å². The van der Waals surface area contributed by atoms with Crippen molar-refractivity contribution in [2.24, 2.45) is 0 Å². The van der Waals surface area contributed by atoms with Crippen molar-refractivity contribution in [2.45, 2.75) is 5.75 Å². The van der Waals surface area contributed by atoms with E-state index < -0.39 is 0 Å². The van der Waals surface area contributed by atoms with Gasteiger partial charge < -0.3 is 9.72 Å². The predicted octanol–water partition coefficient (Wildman–Crippen LogP) is 2.44. The Bertz CT molecular complexity index is 394. The predicted molar refractivity (Wildman–Crippen MR) is 64.1 cm³/mol. The number of rotatable bonds is 5. The zero-order chi connectivity index (χ0) is 10.5. The minimum absolute atomic E-state index is 0.797. The van der Waals surface area contributed by atoms with Crippen LogP contribution in [-0.4, -0.2) is 29.4 Å². The molecule has 0 radical (unpaired) electrons. The molecule has 1 heterocycles. The standard InChI is InChI=1S/C11H14N2OS/c1-14-6-7-15-8-11-12-9-4-2-3-5-10(9)13-11/h2-5H,6-8H2,1H3,(H,12,13). The summed E-state index contributed by atoms with van der Waals surface area (Å²) in [6, 6.07) is 8.09. The van der Waals surface area contributed by atoms with E-state index in [9.17, 15) is 0 Å². The minimum atomic E-state index is 0.797. The van der Waals surface area contributed by atoms with Gasteiger partial charge in [0, 0.05) is 12.9 Å². The summed E-state index contributed by atoms with van der Waals surface area (Å²) < 4.78 is 4.99. The fourth-order valence-corrected chi connectivity index (χ4v) is 2.14. The first kappa shape index (κ1) is 10.5. The molecular weight excluding hydrogens is 208 g/mol. The quantitative estimate of drug-likeness (QED) is 0.790. The van der Waals surface area contributed by atoms with E-state index in [1.807, 2.05) is 36.0 Å². The molecule has 0 saturated heterocycles. The van der Waals surface area contributed by atoms with Crippen molar-refractivity contribution in [2.75, 3.05) is 19.5 Å². The molecule has 0 spiro atoms. The average Bonchev–Trinajstić information content (AvgIpc) is 2.67. The Hall–Kier alpha value is -1.00. The molecule has 0 aliphatic heterocycles. The molecule has 2 aromatic rings. The summed E-state index contributed by atoms with van der Waals surface area (Å²) in [5, 5.41) is 0. The number of hydrogen-bond donors (Lipinski definition) is 1. The number of nitrogens with one attached hydrogen (secondary N) is 1. The van der Waals surface area contributed by atoms with Crippen LogP contribution < -0.4 is 0 Å². The summed E-state index contributed by atoms with van der Waals surface area (Å²) in [5.41, 5.74) is 2.15. The second-order valence-corrected chi connectivity index (χ2v) is 4.35. The lowest BCUT2D eigenvalue weighted by molar-refractivity contribution is 0.218. The number of aromatic nitrogens is 2.